The van der Waals surface area contributed by atoms with Crippen LogP contribution in [0, 0.1) is 0 Å². The van der Waals surface area contributed by atoms with Gasteiger partial charge in [0.25, 0.3) is 5.92 Å². The third kappa shape index (κ3) is 2.23. The Morgan fingerprint density at radius 2 is 2.12 bits per heavy atom. The second-order valence-corrected chi connectivity index (χ2v) is 3.29. The molecule has 1 rings (SSSR count). The number of para-hydroxylation sites is 1. The molecule has 0 fully saturated rings. The highest BCUT2D eigenvalue weighted by Gasteiger charge is 2.39. The minimum atomic E-state index is -3.50. The van der Waals surface area contributed by atoms with E-state index in [1.165, 1.54) is 25.3 Å². The van der Waals surface area contributed by atoms with E-state index in [0.29, 0.717) is 0 Å². The number of aromatic hydroxyl groups is 1. The zero-order valence-electron chi connectivity index (χ0n) is 8.65. The third-order valence-corrected chi connectivity index (χ3v) is 2.25. The lowest BCUT2D eigenvalue weighted by Gasteiger charge is -2.22. The molecule has 0 saturated heterocycles. The topological polar surface area (TPSA) is 75.7 Å². The average Bonchev–Trinajstić information content (AvgIpc) is 2.28. The van der Waals surface area contributed by atoms with Crippen molar-refractivity contribution in [3.05, 3.63) is 23.8 Å². The van der Waals surface area contributed by atoms with Gasteiger partial charge in [0, 0.05) is 5.56 Å². The van der Waals surface area contributed by atoms with Crippen LogP contribution in [-0.4, -0.2) is 29.9 Å². The first-order chi connectivity index (χ1) is 7.44. The summed E-state index contributed by atoms with van der Waals surface area (Å²) in [5.41, 5.74) is 5.11. The summed E-state index contributed by atoms with van der Waals surface area (Å²) in [6.45, 7) is -1.38. The van der Waals surface area contributed by atoms with Gasteiger partial charge in [-0.05, 0) is 6.07 Å². The molecule has 0 aliphatic carbocycles. The Morgan fingerprint density at radius 3 is 2.62 bits per heavy atom. The largest absolute Gasteiger partial charge is 0.504 e. The van der Waals surface area contributed by atoms with Gasteiger partial charge in [0.1, 0.15) is 12.6 Å². The van der Waals surface area contributed by atoms with Gasteiger partial charge in [-0.3, -0.25) is 0 Å². The van der Waals surface area contributed by atoms with Crippen LogP contribution in [0.15, 0.2) is 18.2 Å². The molecule has 16 heavy (non-hydrogen) atoms. The monoisotopic (exact) mass is 233 g/mol. The van der Waals surface area contributed by atoms with Crippen molar-refractivity contribution in [3.63, 3.8) is 0 Å². The highest BCUT2D eigenvalue weighted by atomic mass is 19.3. The van der Waals surface area contributed by atoms with Crippen LogP contribution in [0.2, 0.25) is 0 Å². The molecule has 0 bridgehead atoms. The smallest absolute Gasteiger partial charge is 0.289 e. The number of alkyl halides is 2. The quantitative estimate of drug-likeness (QED) is 0.726. The van der Waals surface area contributed by atoms with Gasteiger partial charge in [-0.15, -0.1) is 0 Å². The SMILES string of the molecule is COc1cccc([C@H](N)C(F)(F)CO)c1O. The van der Waals surface area contributed by atoms with E-state index < -0.39 is 24.3 Å². The van der Waals surface area contributed by atoms with Crippen molar-refractivity contribution >= 4 is 0 Å². The predicted molar refractivity (Wildman–Crippen MR) is 53.6 cm³/mol. The molecule has 90 valence electrons. The minimum Gasteiger partial charge on any atom is -0.504 e. The molecule has 1 atom stereocenters. The summed E-state index contributed by atoms with van der Waals surface area (Å²) in [6, 6.07) is 2.32. The van der Waals surface area contributed by atoms with Crippen molar-refractivity contribution in [2.24, 2.45) is 5.73 Å². The molecular weight excluding hydrogens is 220 g/mol. The second kappa shape index (κ2) is 4.63. The molecule has 0 heterocycles. The fourth-order valence-electron chi connectivity index (χ4n) is 1.28. The van der Waals surface area contributed by atoms with Gasteiger partial charge < -0.3 is 20.7 Å². The Kier molecular flexibility index (Phi) is 3.66. The molecule has 0 aliphatic heterocycles. The maximum absolute atomic E-state index is 13.1. The van der Waals surface area contributed by atoms with E-state index in [0.717, 1.165) is 0 Å². The molecule has 0 amide bonds. The van der Waals surface area contributed by atoms with Crippen molar-refractivity contribution in [1.29, 1.82) is 0 Å². The lowest BCUT2D eigenvalue weighted by Crippen LogP contribution is -2.36. The maximum Gasteiger partial charge on any atom is 0.289 e. The zero-order valence-corrected chi connectivity index (χ0v) is 8.65. The summed E-state index contributed by atoms with van der Waals surface area (Å²) in [4.78, 5) is 0. The Bertz CT molecular complexity index is 371. The van der Waals surface area contributed by atoms with Gasteiger partial charge in [0.05, 0.1) is 7.11 Å². The first-order valence-corrected chi connectivity index (χ1v) is 4.54. The molecule has 1 aromatic carbocycles. The third-order valence-electron chi connectivity index (χ3n) is 2.25. The number of hydrogen-bond donors (Lipinski definition) is 3. The summed E-state index contributed by atoms with van der Waals surface area (Å²) in [6.07, 6.45) is 0. The van der Waals surface area contributed by atoms with Gasteiger partial charge in [0.2, 0.25) is 0 Å². The molecule has 0 aromatic heterocycles. The number of nitrogens with two attached hydrogens (primary N) is 1. The summed E-state index contributed by atoms with van der Waals surface area (Å²) in [5, 5.41) is 18.1. The second-order valence-electron chi connectivity index (χ2n) is 3.29. The van der Waals surface area contributed by atoms with E-state index in [4.69, 9.17) is 15.6 Å². The molecule has 6 heteroatoms. The Labute approximate surface area is 91.3 Å². The minimum absolute atomic E-state index is 0.0571. The summed E-state index contributed by atoms with van der Waals surface area (Å²) in [5.74, 6) is -3.88. The average molecular weight is 233 g/mol. The van der Waals surface area contributed by atoms with E-state index in [2.05, 4.69) is 0 Å². The Hall–Kier alpha value is -1.40. The number of phenols is 1. The number of aliphatic hydroxyl groups is 1. The normalized spacial score (nSPS) is 13.6. The van der Waals surface area contributed by atoms with Crippen LogP contribution in [0.25, 0.3) is 0 Å². The molecule has 1 aromatic rings. The van der Waals surface area contributed by atoms with E-state index >= 15 is 0 Å². The fraction of sp³-hybridized carbons (Fsp3) is 0.400. The fourth-order valence-corrected chi connectivity index (χ4v) is 1.28. The van der Waals surface area contributed by atoms with Crippen molar-refractivity contribution in [1.82, 2.24) is 0 Å². The molecular formula is C10H13F2NO3. The standard InChI is InChI=1S/C10H13F2NO3/c1-16-7-4-2-3-6(8(7)15)9(13)10(11,12)5-14/h2-4,9,14-15H,5,13H2,1H3/t9-/m0/s1. The van der Waals surface area contributed by atoms with Crippen LogP contribution in [0.1, 0.15) is 11.6 Å². The number of phenolic OH excluding ortho intramolecular Hbond substituents is 1. The molecule has 0 saturated carbocycles. The van der Waals surface area contributed by atoms with Crippen LogP contribution in [0.3, 0.4) is 0 Å². The predicted octanol–water partition coefficient (Wildman–Crippen LogP) is 1.03. The van der Waals surface area contributed by atoms with Gasteiger partial charge in [-0.1, -0.05) is 12.1 Å². The lowest BCUT2D eigenvalue weighted by atomic mass is 10.0. The van der Waals surface area contributed by atoms with Crippen molar-refractivity contribution in [3.8, 4) is 11.5 Å². The number of benzene rings is 1. The number of methoxy groups -OCH3 is 1. The van der Waals surface area contributed by atoms with E-state index in [-0.39, 0.29) is 11.3 Å². The molecule has 4 nitrogen and oxygen atoms in total. The van der Waals surface area contributed by atoms with Crippen LogP contribution < -0.4 is 10.5 Å². The van der Waals surface area contributed by atoms with E-state index in [1.54, 1.807) is 0 Å². The van der Waals surface area contributed by atoms with Crippen LogP contribution in [0.4, 0.5) is 8.78 Å². The summed E-state index contributed by atoms with van der Waals surface area (Å²) >= 11 is 0. The molecule has 0 aliphatic rings. The molecule has 4 N–H and O–H groups in total. The Morgan fingerprint density at radius 1 is 1.50 bits per heavy atom. The Balaban J connectivity index is 3.14. The molecule has 0 spiro atoms. The number of aliphatic hydroxyl groups excluding tert-OH is 1. The first kappa shape index (κ1) is 12.7. The van der Waals surface area contributed by atoms with Crippen LogP contribution in [0.5, 0.6) is 11.5 Å². The van der Waals surface area contributed by atoms with Crippen LogP contribution in [-0.2, 0) is 0 Å². The number of hydrogen-bond acceptors (Lipinski definition) is 4. The first-order valence-electron chi connectivity index (χ1n) is 4.54. The number of ether oxygens (including phenoxy) is 1. The van der Waals surface area contributed by atoms with E-state index in [9.17, 15) is 13.9 Å². The van der Waals surface area contributed by atoms with Gasteiger partial charge in [-0.25, -0.2) is 8.78 Å². The maximum atomic E-state index is 13.1. The van der Waals surface area contributed by atoms with E-state index in [1.807, 2.05) is 0 Å². The zero-order chi connectivity index (χ0) is 12.3. The molecule has 0 radical (unpaired) electrons. The number of rotatable bonds is 4. The summed E-state index contributed by atoms with van der Waals surface area (Å²) < 4.78 is 31.0. The van der Waals surface area contributed by atoms with Gasteiger partial charge >= 0.3 is 0 Å². The molecule has 0 unspecified atom stereocenters. The van der Waals surface area contributed by atoms with Crippen molar-refractivity contribution in [2.45, 2.75) is 12.0 Å². The van der Waals surface area contributed by atoms with Gasteiger partial charge in [-0.2, -0.15) is 0 Å². The van der Waals surface area contributed by atoms with Crippen molar-refractivity contribution < 1.29 is 23.7 Å². The van der Waals surface area contributed by atoms with Crippen molar-refractivity contribution in [2.75, 3.05) is 13.7 Å². The number of halogens is 2. The lowest BCUT2D eigenvalue weighted by molar-refractivity contribution is -0.0716. The van der Waals surface area contributed by atoms with Gasteiger partial charge in [0.15, 0.2) is 11.5 Å². The highest BCUT2D eigenvalue weighted by molar-refractivity contribution is 5.47. The van der Waals surface area contributed by atoms with Crippen LogP contribution >= 0.6 is 0 Å². The highest BCUT2D eigenvalue weighted by Crippen LogP contribution is 2.38. The summed E-state index contributed by atoms with van der Waals surface area (Å²) in [7, 11) is 1.30.